The smallest absolute Gasteiger partial charge is 0.166 e. The van der Waals surface area contributed by atoms with Gasteiger partial charge in [-0.1, -0.05) is 20.8 Å². The molecule has 1 atom stereocenters. The van der Waals surface area contributed by atoms with E-state index in [1.807, 2.05) is 62.7 Å². The highest BCUT2D eigenvalue weighted by atomic mass is 16.3. The lowest BCUT2D eigenvalue weighted by Crippen LogP contribution is -2.33. The highest BCUT2D eigenvalue weighted by Gasteiger charge is 2.22. The summed E-state index contributed by atoms with van der Waals surface area (Å²) >= 11 is 0. The van der Waals surface area contributed by atoms with E-state index in [2.05, 4.69) is 35.5 Å². The fourth-order valence-corrected chi connectivity index (χ4v) is 4.02. The molecule has 0 aromatic carbocycles. The van der Waals surface area contributed by atoms with E-state index in [0.717, 1.165) is 28.0 Å². The van der Waals surface area contributed by atoms with Crippen LogP contribution in [-0.4, -0.2) is 56.0 Å². The molecule has 6 aromatic heterocycles. The Morgan fingerprint density at radius 1 is 1.03 bits per heavy atom. The molecule has 0 aliphatic carbocycles. The number of hydrogen-bond acceptors (Lipinski definition) is 8. The van der Waals surface area contributed by atoms with E-state index in [1.54, 1.807) is 24.9 Å². The Balaban J connectivity index is 1.39. The van der Waals surface area contributed by atoms with Gasteiger partial charge in [-0.25, -0.2) is 19.9 Å². The number of pyridine rings is 3. The van der Waals surface area contributed by atoms with Crippen LogP contribution in [0.2, 0.25) is 0 Å². The summed E-state index contributed by atoms with van der Waals surface area (Å²) in [7, 11) is 0. The Morgan fingerprint density at radius 3 is 2.68 bits per heavy atom. The van der Waals surface area contributed by atoms with Crippen LogP contribution in [0.4, 0.5) is 5.69 Å². The first kappa shape index (κ1) is 22.8. The zero-order valence-corrected chi connectivity index (χ0v) is 20.9. The van der Waals surface area contributed by atoms with Gasteiger partial charge < -0.3 is 15.4 Å². The van der Waals surface area contributed by atoms with E-state index in [-0.39, 0.29) is 5.41 Å². The number of anilines is 1. The topological polar surface area (TPSA) is 146 Å². The molecule has 0 bridgehead atoms. The van der Waals surface area contributed by atoms with Crippen molar-refractivity contribution in [2.75, 3.05) is 5.32 Å². The van der Waals surface area contributed by atoms with Gasteiger partial charge in [0.25, 0.3) is 0 Å². The van der Waals surface area contributed by atoms with Crippen molar-refractivity contribution >= 4 is 27.8 Å². The molecule has 186 valence electrons. The SMILES string of the molecule is Cc1cn(-c2nccc3[nH]c(-c4n[nH]c5ccc(-c6cncc(NC(O)C(C)(C)C)c6)nc45)nc23)cn1. The van der Waals surface area contributed by atoms with Crippen molar-refractivity contribution < 1.29 is 5.11 Å². The zero-order valence-electron chi connectivity index (χ0n) is 20.9. The van der Waals surface area contributed by atoms with Crippen molar-refractivity contribution in [1.29, 1.82) is 0 Å². The normalized spacial score (nSPS) is 12.9. The third-order valence-corrected chi connectivity index (χ3v) is 6.13. The second kappa shape index (κ2) is 8.49. The number of nitrogens with zero attached hydrogens (tertiary/aromatic N) is 7. The van der Waals surface area contributed by atoms with Gasteiger partial charge in [-0.05, 0) is 31.2 Å². The highest BCUT2D eigenvalue weighted by molar-refractivity contribution is 5.92. The molecule has 0 aliphatic heterocycles. The third kappa shape index (κ3) is 4.19. The first-order valence-electron chi connectivity index (χ1n) is 11.9. The van der Waals surface area contributed by atoms with Gasteiger partial charge in [0, 0.05) is 29.6 Å². The average molecular weight is 495 g/mol. The van der Waals surface area contributed by atoms with Crippen molar-refractivity contribution in [2.45, 2.75) is 33.9 Å². The van der Waals surface area contributed by atoms with E-state index in [9.17, 15) is 5.11 Å². The van der Waals surface area contributed by atoms with Gasteiger partial charge in [0.1, 0.15) is 23.6 Å². The number of aliphatic hydroxyl groups is 1. The Kier molecular flexibility index (Phi) is 5.23. The fraction of sp³-hybridized carbons (Fsp3) is 0.231. The molecular formula is C26H26N10O. The number of aryl methyl sites for hydroxylation is 1. The summed E-state index contributed by atoms with van der Waals surface area (Å²) in [5, 5.41) is 21.1. The van der Waals surface area contributed by atoms with Crippen LogP contribution in [0.1, 0.15) is 26.5 Å². The maximum atomic E-state index is 10.4. The van der Waals surface area contributed by atoms with Gasteiger partial charge in [-0.15, -0.1) is 0 Å². The maximum Gasteiger partial charge on any atom is 0.166 e. The number of hydrogen-bond donors (Lipinski definition) is 4. The minimum atomic E-state index is -0.723. The summed E-state index contributed by atoms with van der Waals surface area (Å²) < 4.78 is 1.85. The molecule has 0 saturated heterocycles. The van der Waals surface area contributed by atoms with Gasteiger partial charge in [0.2, 0.25) is 0 Å². The van der Waals surface area contributed by atoms with Crippen LogP contribution in [0.5, 0.6) is 0 Å². The van der Waals surface area contributed by atoms with E-state index in [0.29, 0.717) is 34.1 Å². The van der Waals surface area contributed by atoms with Crippen molar-refractivity contribution in [3.05, 3.63) is 61.1 Å². The standard InChI is InChI=1S/C26H26N10O/c1-14-12-36(13-29-14)24-21-18(7-8-28-24)32-23(33-21)22-20-19(34-35-22)6-5-17(31-20)15-9-16(11-27-10-15)30-25(37)26(2,3)4/h5-13,25,30,37H,1-4H3,(H,32,33)(H,34,35). The van der Waals surface area contributed by atoms with Gasteiger partial charge in [-0.2, -0.15) is 5.10 Å². The Bertz CT molecular complexity index is 1740. The second-order valence-electron chi connectivity index (χ2n) is 10.1. The number of imidazole rings is 2. The number of nitrogens with one attached hydrogen (secondary N) is 3. The Labute approximate surface area is 212 Å². The van der Waals surface area contributed by atoms with Crippen LogP contribution in [-0.2, 0) is 0 Å². The minimum absolute atomic E-state index is 0.322. The Morgan fingerprint density at radius 2 is 1.89 bits per heavy atom. The van der Waals surface area contributed by atoms with Gasteiger partial charge in [-0.3, -0.25) is 14.6 Å². The van der Waals surface area contributed by atoms with Gasteiger partial charge >= 0.3 is 0 Å². The summed E-state index contributed by atoms with van der Waals surface area (Å²) in [6, 6.07) is 7.64. The zero-order chi connectivity index (χ0) is 25.7. The maximum absolute atomic E-state index is 10.4. The molecule has 0 fully saturated rings. The molecule has 11 heteroatoms. The summed E-state index contributed by atoms with van der Waals surface area (Å²) in [6.07, 6.45) is 8.07. The molecule has 4 N–H and O–H groups in total. The molecule has 6 heterocycles. The van der Waals surface area contributed by atoms with E-state index in [1.165, 1.54) is 0 Å². The molecule has 6 aromatic rings. The lowest BCUT2D eigenvalue weighted by molar-refractivity contribution is 0.0880. The summed E-state index contributed by atoms with van der Waals surface area (Å²) in [5.41, 5.74) is 6.43. The van der Waals surface area contributed by atoms with Crippen molar-refractivity contribution in [3.8, 4) is 28.6 Å². The summed E-state index contributed by atoms with van der Waals surface area (Å²) in [4.78, 5) is 26.2. The average Bonchev–Trinajstić information content (AvgIpc) is 3.60. The largest absolute Gasteiger partial charge is 0.373 e. The van der Waals surface area contributed by atoms with Gasteiger partial charge in [0.15, 0.2) is 17.3 Å². The molecule has 0 radical (unpaired) electrons. The quantitative estimate of drug-likeness (QED) is 0.260. The lowest BCUT2D eigenvalue weighted by atomic mass is 9.94. The molecule has 6 rings (SSSR count). The number of aromatic nitrogens is 9. The van der Waals surface area contributed by atoms with Crippen molar-refractivity contribution in [3.63, 3.8) is 0 Å². The van der Waals surface area contributed by atoms with Crippen molar-refractivity contribution in [1.82, 2.24) is 44.7 Å². The first-order valence-corrected chi connectivity index (χ1v) is 11.9. The molecule has 37 heavy (non-hydrogen) atoms. The Hall–Kier alpha value is -4.64. The molecule has 0 amide bonds. The molecule has 1 unspecified atom stereocenters. The fourth-order valence-electron chi connectivity index (χ4n) is 4.02. The molecule has 11 nitrogen and oxygen atoms in total. The monoisotopic (exact) mass is 494 g/mol. The molecular weight excluding hydrogens is 468 g/mol. The van der Waals surface area contributed by atoms with E-state index in [4.69, 9.17) is 9.97 Å². The number of aromatic amines is 2. The van der Waals surface area contributed by atoms with E-state index < -0.39 is 6.23 Å². The van der Waals surface area contributed by atoms with Gasteiger partial charge in [0.05, 0.1) is 34.3 Å². The summed E-state index contributed by atoms with van der Waals surface area (Å²) in [5.74, 6) is 1.26. The van der Waals surface area contributed by atoms with Crippen LogP contribution in [0.3, 0.4) is 0 Å². The van der Waals surface area contributed by atoms with Crippen molar-refractivity contribution in [2.24, 2.45) is 5.41 Å². The number of fused-ring (bicyclic) bond motifs is 2. The number of rotatable bonds is 5. The number of H-pyrrole nitrogens is 2. The van der Waals surface area contributed by atoms with Crippen LogP contribution in [0, 0.1) is 12.3 Å². The molecule has 0 saturated carbocycles. The predicted octanol–water partition coefficient (Wildman–Crippen LogP) is 4.23. The molecule has 0 spiro atoms. The van der Waals surface area contributed by atoms with Crippen LogP contribution < -0.4 is 5.32 Å². The molecule has 0 aliphatic rings. The second-order valence-corrected chi connectivity index (χ2v) is 10.1. The minimum Gasteiger partial charge on any atom is -0.373 e. The van der Waals surface area contributed by atoms with Crippen LogP contribution in [0.25, 0.3) is 50.7 Å². The van der Waals surface area contributed by atoms with Crippen LogP contribution in [0.15, 0.2) is 55.4 Å². The summed E-state index contributed by atoms with van der Waals surface area (Å²) in [6.45, 7) is 7.82. The first-order chi connectivity index (χ1) is 17.8. The third-order valence-electron chi connectivity index (χ3n) is 6.13. The highest BCUT2D eigenvalue weighted by Crippen LogP contribution is 2.30. The number of aliphatic hydroxyl groups excluding tert-OH is 1. The van der Waals surface area contributed by atoms with E-state index >= 15 is 0 Å². The lowest BCUT2D eigenvalue weighted by Gasteiger charge is -2.27. The predicted molar refractivity (Wildman–Crippen MR) is 141 cm³/mol. The van der Waals surface area contributed by atoms with Crippen LogP contribution >= 0.6 is 0 Å².